The average molecular weight is 372 g/mol. The van der Waals surface area contributed by atoms with Crippen LogP contribution in [0.3, 0.4) is 0 Å². The molecular weight excluding hydrogens is 330 g/mol. The lowest BCUT2D eigenvalue weighted by atomic mass is 9.92. The molecule has 0 aliphatic carbocycles. The molecule has 148 valence electrons. The minimum absolute atomic E-state index is 0.0829. The normalized spacial score (nSPS) is 18.8. The number of hydrogen-bond acceptors (Lipinski definition) is 4. The Bertz CT molecular complexity index is 727. The van der Waals surface area contributed by atoms with Crippen LogP contribution >= 0.6 is 0 Å². The maximum Gasteiger partial charge on any atom is 0.408 e. The summed E-state index contributed by atoms with van der Waals surface area (Å²) in [5, 5.41) is 13.3. The minimum atomic E-state index is -3.34. The van der Waals surface area contributed by atoms with Crippen molar-refractivity contribution < 1.29 is 27.6 Å². The molecule has 1 amide bonds. The Labute approximate surface area is 166 Å². The predicted molar refractivity (Wildman–Crippen MR) is 104 cm³/mol. The van der Waals surface area contributed by atoms with E-state index in [2.05, 4.69) is 19.2 Å². The Morgan fingerprint density at radius 1 is 1.27 bits per heavy atom. The Kier molecular flexibility index (Phi) is 5.10. The highest BCUT2D eigenvalue weighted by Crippen LogP contribution is 2.28. The van der Waals surface area contributed by atoms with Gasteiger partial charge in [-0.1, -0.05) is 32.4 Å². The molecule has 0 aliphatic rings. The summed E-state index contributed by atoms with van der Waals surface area (Å²) >= 11 is 0. The number of carbonyl (C=O) groups is 1. The van der Waals surface area contributed by atoms with Crippen LogP contribution in [0.2, 0.25) is 0 Å². The van der Waals surface area contributed by atoms with Crippen molar-refractivity contribution in [1.82, 2.24) is 5.32 Å². The lowest BCUT2D eigenvalue weighted by molar-refractivity contribution is 0.0163. The highest BCUT2D eigenvalue weighted by atomic mass is 16.6. The third kappa shape index (κ3) is 8.09. The highest BCUT2D eigenvalue weighted by Gasteiger charge is 2.31. The van der Waals surface area contributed by atoms with Gasteiger partial charge in [0.25, 0.3) is 0 Å². The quantitative estimate of drug-likeness (QED) is 0.686. The van der Waals surface area contributed by atoms with Crippen LogP contribution < -0.4 is 10.1 Å². The maximum atomic E-state index is 12.4. The molecule has 2 atom stereocenters. The van der Waals surface area contributed by atoms with Crippen molar-refractivity contribution in [2.75, 3.05) is 6.61 Å². The van der Waals surface area contributed by atoms with Crippen LogP contribution in [0.4, 0.5) is 4.79 Å². The standard InChI is InChI=1S/C21H35NO4/c1-8-9-15(2)14-25-17-12-10-16(11-13-17)18(21(6,7)24)22-19(23)26-20(3,4)5/h10-13,15,18,24H,8-9,14H2,1-7H3,(H,22,23)/t15?,18-/m1/s1/i6D3,7D3. The number of benzene rings is 1. The van der Waals surface area contributed by atoms with E-state index < -0.39 is 37.0 Å². The summed E-state index contributed by atoms with van der Waals surface area (Å²) in [6, 6.07) is 4.12. The van der Waals surface area contributed by atoms with Crippen LogP contribution in [0.1, 0.15) is 81.0 Å². The van der Waals surface area contributed by atoms with Crippen LogP contribution in [0, 0.1) is 5.92 Å². The molecule has 0 fully saturated rings. The largest absolute Gasteiger partial charge is 0.493 e. The van der Waals surface area contributed by atoms with Gasteiger partial charge in [0, 0.05) is 8.22 Å². The summed E-state index contributed by atoms with van der Waals surface area (Å²) in [7, 11) is 0. The van der Waals surface area contributed by atoms with Crippen molar-refractivity contribution in [1.29, 1.82) is 0 Å². The Balaban J connectivity index is 3.33. The summed E-state index contributed by atoms with van der Waals surface area (Å²) in [6.07, 6.45) is 0.984. The second-order valence-corrected chi connectivity index (χ2v) is 7.62. The van der Waals surface area contributed by atoms with Gasteiger partial charge in [-0.2, -0.15) is 0 Å². The van der Waals surface area contributed by atoms with Crippen molar-refractivity contribution >= 4 is 6.09 Å². The molecule has 0 saturated carbocycles. The number of nitrogens with one attached hydrogen (secondary N) is 1. The first-order chi connectivity index (χ1) is 14.4. The van der Waals surface area contributed by atoms with E-state index in [1.165, 1.54) is 24.3 Å². The second kappa shape index (κ2) is 9.26. The zero-order chi connectivity index (χ0) is 25.0. The fourth-order valence-corrected chi connectivity index (χ4v) is 2.43. The first kappa shape index (κ1) is 14.3. The Hall–Kier alpha value is -1.75. The number of rotatable bonds is 8. The van der Waals surface area contributed by atoms with Crippen molar-refractivity contribution in [2.45, 2.75) is 78.4 Å². The number of alkyl carbamates (subject to hydrolysis) is 1. The average Bonchev–Trinajstić information content (AvgIpc) is 2.61. The number of ether oxygens (including phenoxy) is 2. The zero-order valence-electron chi connectivity index (χ0n) is 22.3. The second-order valence-electron chi connectivity index (χ2n) is 7.62. The molecule has 26 heavy (non-hydrogen) atoms. The predicted octanol–water partition coefficient (Wildman–Crippen LogP) is 4.84. The van der Waals surface area contributed by atoms with Crippen LogP contribution in [0.5, 0.6) is 5.75 Å². The summed E-state index contributed by atoms with van der Waals surface area (Å²) in [4.78, 5) is 12.4. The molecule has 0 spiro atoms. The van der Waals surface area contributed by atoms with E-state index >= 15 is 0 Å². The van der Waals surface area contributed by atoms with Gasteiger partial charge >= 0.3 is 6.09 Å². The molecule has 0 saturated heterocycles. The number of hydrogen-bond donors (Lipinski definition) is 2. The number of carbonyl (C=O) groups excluding carboxylic acids is 1. The van der Waals surface area contributed by atoms with Crippen LogP contribution in [-0.4, -0.2) is 29.0 Å². The van der Waals surface area contributed by atoms with Crippen LogP contribution in [0.15, 0.2) is 24.3 Å². The third-order valence-corrected chi connectivity index (χ3v) is 3.61. The van der Waals surface area contributed by atoms with Gasteiger partial charge < -0.3 is 19.9 Å². The minimum Gasteiger partial charge on any atom is -0.493 e. The van der Waals surface area contributed by atoms with Crippen LogP contribution in [-0.2, 0) is 4.74 Å². The lowest BCUT2D eigenvalue weighted by Crippen LogP contribution is -2.44. The molecule has 1 rings (SSSR count). The first-order valence-electron chi connectivity index (χ1n) is 11.9. The van der Waals surface area contributed by atoms with Gasteiger partial charge in [-0.25, -0.2) is 4.79 Å². The van der Waals surface area contributed by atoms with E-state index in [9.17, 15) is 9.90 Å². The molecule has 0 aliphatic heterocycles. The molecule has 0 radical (unpaired) electrons. The maximum absolute atomic E-state index is 12.4. The number of amides is 1. The van der Waals surface area contributed by atoms with E-state index in [4.69, 9.17) is 17.7 Å². The molecule has 0 aromatic heterocycles. The van der Waals surface area contributed by atoms with Crippen molar-refractivity contribution in [3.8, 4) is 5.75 Å². The molecule has 1 aromatic carbocycles. The summed E-state index contributed by atoms with van der Waals surface area (Å²) in [5.74, 6) is 0.844. The lowest BCUT2D eigenvalue weighted by Gasteiger charge is -2.31. The number of aliphatic hydroxyl groups is 1. The van der Waals surface area contributed by atoms with Gasteiger partial charge in [0.2, 0.25) is 0 Å². The van der Waals surface area contributed by atoms with Gasteiger partial charge in [0.05, 0.1) is 18.2 Å². The van der Waals surface area contributed by atoms with Gasteiger partial charge in [-0.15, -0.1) is 0 Å². The molecular formula is C21H35NO4. The molecule has 1 aromatic rings. The van der Waals surface area contributed by atoms with E-state index in [0.717, 1.165) is 12.8 Å². The Morgan fingerprint density at radius 3 is 2.38 bits per heavy atom. The summed E-state index contributed by atoms with van der Waals surface area (Å²) < 4.78 is 57.4. The summed E-state index contributed by atoms with van der Waals surface area (Å²) in [6.45, 7) is 2.76. The molecule has 2 N–H and O–H groups in total. The van der Waals surface area contributed by atoms with Crippen molar-refractivity contribution in [2.24, 2.45) is 5.92 Å². The first-order valence-corrected chi connectivity index (χ1v) is 8.87. The van der Waals surface area contributed by atoms with E-state index in [0.29, 0.717) is 18.3 Å². The van der Waals surface area contributed by atoms with Gasteiger partial charge in [0.1, 0.15) is 11.4 Å². The molecule has 1 unspecified atom stereocenters. The van der Waals surface area contributed by atoms with Crippen LogP contribution in [0.25, 0.3) is 0 Å². The summed E-state index contributed by atoms with van der Waals surface area (Å²) in [5.41, 5.74) is -4.10. The smallest absolute Gasteiger partial charge is 0.408 e. The monoisotopic (exact) mass is 371 g/mol. The van der Waals surface area contributed by atoms with Crippen molar-refractivity contribution in [3.05, 3.63) is 29.8 Å². The van der Waals surface area contributed by atoms with E-state index in [-0.39, 0.29) is 5.56 Å². The molecule has 0 bridgehead atoms. The van der Waals surface area contributed by atoms with Gasteiger partial charge in [-0.05, 0) is 64.5 Å². The van der Waals surface area contributed by atoms with Crippen molar-refractivity contribution in [3.63, 3.8) is 0 Å². The van der Waals surface area contributed by atoms with Gasteiger partial charge in [-0.3, -0.25) is 0 Å². The van der Waals surface area contributed by atoms with E-state index in [1.807, 2.05) is 0 Å². The topological polar surface area (TPSA) is 67.8 Å². The van der Waals surface area contributed by atoms with E-state index in [1.54, 1.807) is 20.8 Å². The molecule has 5 nitrogen and oxygen atoms in total. The Morgan fingerprint density at radius 2 is 1.88 bits per heavy atom. The zero-order valence-corrected chi connectivity index (χ0v) is 16.3. The fourth-order valence-electron chi connectivity index (χ4n) is 2.43. The third-order valence-electron chi connectivity index (χ3n) is 3.61. The molecule has 5 heteroatoms. The highest BCUT2D eigenvalue weighted by molar-refractivity contribution is 5.68. The molecule has 0 heterocycles. The van der Waals surface area contributed by atoms with Gasteiger partial charge in [0.15, 0.2) is 0 Å². The fraction of sp³-hybridized carbons (Fsp3) is 0.667. The SMILES string of the molecule is [2H]C([2H])([2H])C(O)([C@H](NC(=O)OC(C)(C)C)c1ccc(OCC(C)CCC)cc1)C([2H])([2H])[2H].